The molecular weight excluding hydrogens is 322 g/mol. The van der Waals surface area contributed by atoms with Crippen LogP contribution in [0.25, 0.3) is 0 Å². The Balaban J connectivity index is 2.95. The number of sulfonamides is 1. The Hall–Kier alpha value is -1.51. The molecule has 1 aromatic rings. The van der Waals surface area contributed by atoms with Crippen LogP contribution < -0.4 is 14.2 Å². The van der Waals surface area contributed by atoms with Crippen LogP contribution in [0.15, 0.2) is 17.0 Å². The van der Waals surface area contributed by atoms with Gasteiger partial charge >= 0.3 is 5.97 Å². The summed E-state index contributed by atoms with van der Waals surface area (Å²) in [4.78, 5) is 10.2. The maximum atomic E-state index is 12.1. The predicted molar refractivity (Wildman–Crippen MR) is 76.6 cm³/mol. The summed E-state index contributed by atoms with van der Waals surface area (Å²) in [5.41, 5.74) is 0. The Bertz CT molecular complexity index is 616. The van der Waals surface area contributed by atoms with E-state index in [1.54, 1.807) is 0 Å². The predicted octanol–water partition coefficient (Wildman–Crippen LogP) is 1.50. The normalized spacial score (nSPS) is 11.2. The fourth-order valence-electron chi connectivity index (χ4n) is 1.57. The molecule has 2 N–H and O–H groups in total. The van der Waals surface area contributed by atoms with E-state index in [4.69, 9.17) is 26.2 Å². The molecule has 0 unspecified atom stereocenters. The number of aliphatic carboxylic acids is 1. The highest BCUT2D eigenvalue weighted by Gasteiger charge is 2.21. The van der Waals surface area contributed by atoms with Gasteiger partial charge < -0.3 is 14.6 Å². The molecule has 0 aliphatic carbocycles. The molecule has 0 saturated carbocycles. The molecule has 118 valence electrons. The van der Waals surface area contributed by atoms with Gasteiger partial charge in [-0.1, -0.05) is 11.6 Å². The van der Waals surface area contributed by atoms with Crippen LogP contribution in [0, 0.1) is 0 Å². The van der Waals surface area contributed by atoms with Crippen molar-refractivity contribution in [2.45, 2.75) is 17.7 Å². The number of ether oxygens (including phenoxy) is 2. The van der Waals surface area contributed by atoms with Crippen molar-refractivity contribution in [3.8, 4) is 11.5 Å². The first kappa shape index (κ1) is 17.5. The van der Waals surface area contributed by atoms with Crippen molar-refractivity contribution in [3.63, 3.8) is 0 Å². The Morgan fingerprint density at radius 3 is 2.38 bits per heavy atom. The molecule has 0 atom stereocenters. The molecule has 0 amide bonds. The van der Waals surface area contributed by atoms with Crippen molar-refractivity contribution in [3.05, 3.63) is 17.2 Å². The summed E-state index contributed by atoms with van der Waals surface area (Å²) in [5.74, 6) is -0.446. The van der Waals surface area contributed by atoms with Crippen LogP contribution in [0.4, 0.5) is 0 Å². The van der Waals surface area contributed by atoms with Gasteiger partial charge in [0.1, 0.15) is 4.90 Å². The van der Waals surface area contributed by atoms with Crippen molar-refractivity contribution in [1.29, 1.82) is 0 Å². The van der Waals surface area contributed by atoms with E-state index < -0.39 is 16.0 Å². The zero-order valence-electron chi connectivity index (χ0n) is 11.6. The maximum Gasteiger partial charge on any atom is 0.303 e. The fourth-order valence-corrected chi connectivity index (χ4v) is 3.17. The molecular formula is C12H16ClNO6S. The van der Waals surface area contributed by atoms with Gasteiger partial charge in [-0.3, -0.25) is 4.79 Å². The van der Waals surface area contributed by atoms with Crippen LogP contribution in [0.3, 0.4) is 0 Å². The summed E-state index contributed by atoms with van der Waals surface area (Å²) in [6.45, 7) is -0.000688. The van der Waals surface area contributed by atoms with Gasteiger partial charge in [-0.05, 0) is 6.42 Å². The Morgan fingerprint density at radius 1 is 1.29 bits per heavy atom. The third-order valence-corrected chi connectivity index (χ3v) is 4.51. The van der Waals surface area contributed by atoms with E-state index in [1.807, 2.05) is 0 Å². The number of benzene rings is 1. The molecule has 0 fully saturated rings. The molecule has 21 heavy (non-hydrogen) atoms. The van der Waals surface area contributed by atoms with Gasteiger partial charge in [-0.2, -0.15) is 0 Å². The summed E-state index contributed by atoms with van der Waals surface area (Å²) in [6, 6.07) is 2.59. The average molecular weight is 338 g/mol. The first-order chi connectivity index (χ1) is 9.81. The molecule has 0 spiro atoms. The van der Waals surface area contributed by atoms with Gasteiger partial charge in [0.2, 0.25) is 10.0 Å². The number of hydrogen-bond acceptors (Lipinski definition) is 5. The van der Waals surface area contributed by atoms with E-state index in [-0.39, 0.29) is 35.1 Å². The highest BCUT2D eigenvalue weighted by molar-refractivity contribution is 7.89. The van der Waals surface area contributed by atoms with Crippen LogP contribution in [0.2, 0.25) is 5.02 Å². The minimum Gasteiger partial charge on any atom is -0.493 e. The fraction of sp³-hybridized carbons (Fsp3) is 0.417. The molecule has 0 heterocycles. The molecule has 1 aromatic carbocycles. The SMILES string of the molecule is COc1cc(Cl)c(S(=O)(=O)NCCCC(=O)O)cc1OC. The van der Waals surface area contributed by atoms with E-state index in [0.717, 1.165) is 0 Å². The highest BCUT2D eigenvalue weighted by atomic mass is 35.5. The lowest BCUT2D eigenvalue weighted by molar-refractivity contribution is -0.137. The Morgan fingerprint density at radius 2 is 1.86 bits per heavy atom. The second kappa shape index (κ2) is 7.48. The first-order valence-electron chi connectivity index (χ1n) is 5.94. The monoisotopic (exact) mass is 337 g/mol. The Kier molecular flexibility index (Phi) is 6.25. The molecule has 7 nitrogen and oxygen atoms in total. The summed E-state index contributed by atoms with van der Waals surface area (Å²) in [6.07, 6.45) is 0.0572. The van der Waals surface area contributed by atoms with Crippen LogP contribution in [0.1, 0.15) is 12.8 Å². The molecule has 0 radical (unpaired) electrons. The summed E-state index contributed by atoms with van der Waals surface area (Å²) < 4.78 is 36.6. The van der Waals surface area contributed by atoms with Gasteiger partial charge in [0.15, 0.2) is 11.5 Å². The molecule has 0 saturated heterocycles. The van der Waals surface area contributed by atoms with Crippen molar-refractivity contribution < 1.29 is 27.8 Å². The van der Waals surface area contributed by atoms with Crippen molar-refractivity contribution in [2.24, 2.45) is 0 Å². The third-order valence-electron chi connectivity index (χ3n) is 2.59. The van der Waals surface area contributed by atoms with E-state index in [1.165, 1.54) is 26.4 Å². The number of methoxy groups -OCH3 is 2. The number of nitrogens with one attached hydrogen (secondary N) is 1. The quantitative estimate of drug-likeness (QED) is 0.697. The first-order valence-corrected chi connectivity index (χ1v) is 7.81. The van der Waals surface area contributed by atoms with Crippen LogP contribution in [0.5, 0.6) is 11.5 Å². The number of halogens is 1. The van der Waals surface area contributed by atoms with Crippen molar-refractivity contribution in [2.75, 3.05) is 20.8 Å². The average Bonchev–Trinajstić information content (AvgIpc) is 2.42. The van der Waals surface area contributed by atoms with E-state index in [2.05, 4.69) is 4.72 Å². The minimum atomic E-state index is -3.86. The third kappa shape index (κ3) is 4.76. The van der Waals surface area contributed by atoms with Gasteiger partial charge in [0.05, 0.1) is 19.2 Å². The van der Waals surface area contributed by atoms with Crippen LogP contribution in [-0.2, 0) is 14.8 Å². The van der Waals surface area contributed by atoms with E-state index in [9.17, 15) is 13.2 Å². The topological polar surface area (TPSA) is 102 Å². The second-order valence-corrected chi connectivity index (χ2v) is 6.18. The van der Waals surface area contributed by atoms with E-state index >= 15 is 0 Å². The minimum absolute atomic E-state index is 0.000688. The summed E-state index contributed by atoms with van der Waals surface area (Å²) in [5, 5.41) is 8.49. The molecule has 1 rings (SSSR count). The smallest absolute Gasteiger partial charge is 0.303 e. The van der Waals surface area contributed by atoms with Crippen molar-refractivity contribution >= 4 is 27.6 Å². The largest absolute Gasteiger partial charge is 0.493 e. The number of rotatable bonds is 8. The number of hydrogen-bond donors (Lipinski definition) is 2. The van der Waals surface area contributed by atoms with Gasteiger partial charge in [-0.25, -0.2) is 13.1 Å². The zero-order valence-corrected chi connectivity index (χ0v) is 13.1. The number of carboxylic acid groups (broad SMARTS) is 1. The van der Waals surface area contributed by atoms with Crippen molar-refractivity contribution in [1.82, 2.24) is 4.72 Å². The Labute approximate surface area is 127 Å². The number of carboxylic acids is 1. The molecule has 0 bridgehead atoms. The summed E-state index contributed by atoms with van der Waals surface area (Å²) >= 11 is 5.94. The maximum absolute atomic E-state index is 12.1. The lowest BCUT2D eigenvalue weighted by Crippen LogP contribution is -2.25. The summed E-state index contributed by atoms with van der Waals surface area (Å²) in [7, 11) is -1.07. The molecule has 0 aliphatic heterocycles. The highest BCUT2D eigenvalue weighted by Crippen LogP contribution is 2.35. The van der Waals surface area contributed by atoms with Gasteiger partial charge in [0.25, 0.3) is 0 Å². The van der Waals surface area contributed by atoms with Gasteiger partial charge in [0, 0.05) is 25.1 Å². The van der Waals surface area contributed by atoms with Crippen LogP contribution >= 0.6 is 11.6 Å². The standard InChI is InChI=1S/C12H16ClNO6S/c1-19-9-6-8(13)11(7-10(9)20-2)21(17,18)14-5-3-4-12(15)16/h6-7,14H,3-5H2,1-2H3,(H,15,16). The van der Waals surface area contributed by atoms with Crippen LogP contribution in [-0.4, -0.2) is 40.3 Å². The molecule has 0 aliphatic rings. The lowest BCUT2D eigenvalue weighted by atomic mass is 10.3. The van der Waals surface area contributed by atoms with E-state index in [0.29, 0.717) is 5.75 Å². The molecule has 9 heteroatoms. The lowest BCUT2D eigenvalue weighted by Gasteiger charge is -2.12. The second-order valence-electron chi connectivity index (χ2n) is 4.03. The zero-order chi connectivity index (χ0) is 16.0. The molecule has 0 aromatic heterocycles. The van der Waals surface area contributed by atoms with Gasteiger partial charge in [-0.15, -0.1) is 0 Å². The number of carbonyl (C=O) groups is 1.